The second-order valence-electron chi connectivity index (χ2n) is 11.8. The molecule has 244 valence electrons. The van der Waals surface area contributed by atoms with E-state index in [-0.39, 0.29) is 35.9 Å². The van der Waals surface area contributed by atoms with Crippen molar-refractivity contribution in [2.75, 3.05) is 45.5 Å². The van der Waals surface area contributed by atoms with Gasteiger partial charge in [0.2, 0.25) is 10.0 Å². The van der Waals surface area contributed by atoms with E-state index >= 15 is 0 Å². The van der Waals surface area contributed by atoms with Crippen LogP contribution in [0.3, 0.4) is 0 Å². The van der Waals surface area contributed by atoms with Crippen molar-refractivity contribution in [1.82, 2.24) is 19.8 Å². The number of nitrogens with one attached hydrogen (secondary N) is 2. The fraction of sp³-hybridized carbons (Fsp3) is 0.562. The van der Waals surface area contributed by atoms with E-state index in [2.05, 4.69) is 10.6 Å². The Labute approximate surface area is 260 Å². The number of sulfonamides is 1. The summed E-state index contributed by atoms with van der Waals surface area (Å²) < 4.78 is 53.0. The molecule has 1 aliphatic heterocycles. The third-order valence-electron chi connectivity index (χ3n) is 7.85. The maximum absolute atomic E-state index is 14.0. The van der Waals surface area contributed by atoms with Gasteiger partial charge in [0.25, 0.3) is 11.8 Å². The zero-order chi connectivity index (χ0) is 32.4. The predicted octanol–water partition coefficient (Wildman–Crippen LogP) is 3.50. The van der Waals surface area contributed by atoms with Crippen LogP contribution in [0.2, 0.25) is 0 Å². The van der Waals surface area contributed by atoms with Gasteiger partial charge >= 0.3 is 0 Å². The number of aryl methyl sites for hydroxylation is 1. The summed E-state index contributed by atoms with van der Waals surface area (Å²) in [7, 11) is -3.23. The van der Waals surface area contributed by atoms with Gasteiger partial charge in [0.05, 0.1) is 18.4 Å². The van der Waals surface area contributed by atoms with E-state index in [1.807, 2.05) is 13.8 Å². The van der Waals surface area contributed by atoms with Gasteiger partial charge in [0.1, 0.15) is 11.6 Å². The van der Waals surface area contributed by atoms with Crippen LogP contribution < -0.4 is 10.6 Å². The van der Waals surface area contributed by atoms with E-state index in [1.165, 1.54) is 16.6 Å². The molecule has 1 fully saturated rings. The summed E-state index contributed by atoms with van der Waals surface area (Å²) in [5, 5.41) is 17.2. The van der Waals surface area contributed by atoms with Crippen LogP contribution >= 0.6 is 0 Å². The number of carbonyl (C=O) groups excluding carboxylic acids is 2. The predicted molar refractivity (Wildman–Crippen MR) is 167 cm³/mol. The van der Waals surface area contributed by atoms with Gasteiger partial charge in [-0.2, -0.15) is 0 Å². The first-order chi connectivity index (χ1) is 20.8. The largest absolute Gasteiger partial charge is 0.390 e. The minimum Gasteiger partial charge on any atom is -0.390 e. The average Bonchev–Trinajstić information content (AvgIpc) is 2.95. The lowest BCUT2D eigenvalue weighted by atomic mass is 9.97. The lowest BCUT2D eigenvalue weighted by Gasteiger charge is -2.31. The van der Waals surface area contributed by atoms with Crippen LogP contribution in [0.15, 0.2) is 36.4 Å². The molecule has 2 amide bonds. The normalized spacial score (nSPS) is 16.0. The smallest absolute Gasteiger partial charge is 0.253 e. The molecule has 1 saturated heterocycles. The maximum Gasteiger partial charge on any atom is 0.253 e. The van der Waals surface area contributed by atoms with Gasteiger partial charge in [0, 0.05) is 49.9 Å². The van der Waals surface area contributed by atoms with Crippen molar-refractivity contribution in [3.05, 3.63) is 70.3 Å². The van der Waals surface area contributed by atoms with Crippen molar-refractivity contribution in [2.24, 2.45) is 5.92 Å². The number of aliphatic hydroxyl groups is 1. The van der Waals surface area contributed by atoms with Crippen LogP contribution in [0.1, 0.15) is 71.4 Å². The van der Waals surface area contributed by atoms with Crippen molar-refractivity contribution in [3.63, 3.8) is 0 Å². The van der Waals surface area contributed by atoms with Crippen LogP contribution in [0.25, 0.3) is 0 Å². The molecule has 3 N–H and O–H groups in total. The highest BCUT2D eigenvalue weighted by atomic mass is 32.2. The van der Waals surface area contributed by atoms with Crippen molar-refractivity contribution < 1.29 is 31.9 Å². The first-order valence-corrected chi connectivity index (χ1v) is 17.2. The monoisotopic (exact) mass is 636 g/mol. The van der Waals surface area contributed by atoms with E-state index in [9.17, 15) is 31.9 Å². The molecule has 3 rings (SSSR count). The molecule has 2 aromatic rings. The number of hydrogen-bond donors (Lipinski definition) is 3. The van der Waals surface area contributed by atoms with E-state index in [0.717, 1.165) is 36.6 Å². The number of halogens is 2. The molecule has 9 nitrogen and oxygen atoms in total. The number of rotatable bonds is 15. The second-order valence-corrected chi connectivity index (χ2v) is 13.8. The number of amides is 2. The number of benzene rings is 2. The minimum absolute atomic E-state index is 0.0333. The summed E-state index contributed by atoms with van der Waals surface area (Å²) >= 11 is 0. The van der Waals surface area contributed by atoms with Gasteiger partial charge < -0.3 is 20.6 Å². The van der Waals surface area contributed by atoms with E-state index in [1.54, 1.807) is 24.0 Å². The fourth-order valence-corrected chi connectivity index (χ4v) is 6.49. The lowest BCUT2D eigenvalue weighted by Crippen LogP contribution is -2.49. The third kappa shape index (κ3) is 10.6. The van der Waals surface area contributed by atoms with Gasteiger partial charge in [-0.15, -0.1) is 0 Å². The summed E-state index contributed by atoms with van der Waals surface area (Å²) in [6.45, 7) is 8.50. The first kappa shape index (κ1) is 35.5. The number of carbonyl (C=O) groups is 2. The first-order valence-electron chi connectivity index (χ1n) is 15.3. The van der Waals surface area contributed by atoms with Crippen molar-refractivity contribution >= 4 is 21.8 Å². The Morgan fingerprint density at radius 1 is 1.00 bits per heavy atom. The van der Waals surface area contributed by atoms with Gasteiger partial charge in [-0.1, -0.05) is 13.8 Å². The molecule has 0 saturated carbocycles. The number of hydrogen-bond acceptors (Lipinski definition) is 6. The van der Waals surface area contributed by atoms with Crippen molar-refractivity contribution in [3.8, 4) is 0 Å². The molecule has 0 aliphatic carbocycles. The molecular formula is C32H46F2N4O5S. The summed E-state index contributed by atoms with van der Waals surface area (Å²) in [5.74, 6) is -1.99. The van der Waals surface area contributed by atoms with Crippen LogP contribution in [0, 0.1) is 24.5 Å². The van der Waals surface area contributed by atoms with Crippen LogP contribution in [0.4, 0.5) is 8.78 Å². The molecule has 2 atom stereocenters. The molecular weight excluding hydrogens is 590 g/mol. The van der Waals surface area contributed by atoms with Crippen molar-refractivity contribution in [2.45, 2.75) is 65.0 Å². The molecule has 44 heavy (non-hydrogen) atoms. The molecule has 0 aromatic heterocycles. The van der Waals surface area contributed by atoms with Gasteiger partial charge in [-0.25, -0.2) is 21.5 Å². The summed E-state index contributed by atoms with van der Waals surface area (Å²) in [5.41, 5.74) is 1.64. The summed E-state index contributed by atoms with van der Waals surface area (Å²) in [6, 6.07) is 7.12. The minimum atomic E-state index is -3.23. The van der Waals surface area contributed by atoms with Gasteiger partial charge in [0.15, 0.2) is 0 Å². The Balaban J connectivity index is 1.74. The van der Waals surface area contributed by atoms with Crippen LogP contribution in [-0.2, 0) is 16.4 Å². The highest BCUT2D eigenvalue weighted by Crippen LogP contribution is 2.19. The molecule has 12 heteroatoms. The quantitative estimate of drug-likeness (QED) is 0.276. The van der Waals surface area contributed by atoms with Gasteiger partial charge in [-0.3, -0.25) is 9.59 Å². The van der Waals surface area contributed by atoms with E-state index in [4.69, 9.17) is 0 Å². The maximum atomic E-state index is 14.0. The topological polar surface area (TPSA) is 119 Å². The molecule has 1 aliphatic rings. The average molecular weight is 637 g/mol. The van der Waals surface area contributed by atoms with Crippen LogP contribution in [0.5, 0.6) is 0 Å². The highest BCUT2D eigenvalue weighted by Gasteiger charge is 2.27. The van der Waals surface area contributed by atoms with Gasteiger partial charge in [-0.05, 0) is 92.9 Å². The third-order valence-corrected chi connectivity index (χ3v) is 9.15. The Morgan fingerprint density at radius 2 is 1.59 bits per heavy atom. The SMILES string of the molecule is CCCN(CCC)C(=O)c1cc(C)cc(C(=O)N[C@@H](Cc2cc(F)cc(F)c2)[C@H](O)CNCC2CCN(S(C)(=O)=O)CC2)c1. The van der Waals surface area contributed by atoms with E-state index in [0.29, 0.717) is 51.1 Å². The highest BCUT2D eigenvalue weighted by molar-refractivity contribution is 7.88. The van der Waals surface area contributed by atoms with Crippen molar-refractivity contribution in [1.29, 1.82) is 0 Å². The molecule has 2 aromatic carbocycles. The molecule has 0 unspecified atom stereocenters. The zero-order valence-electron chi connectivity index (χ0n) is 26.1. The second kappa shape index (κ2) is 16.4. The lowest BCUT2D eigenvalue weighted by molar-refractivity contribution is 0.0755. The standard InChI is InChI=1S/C32H46F2N4O5S/c1-5-9-37(10-6-2)32(41)26-14-22(3)13-25(18-26)31(40)36-29(17-24-15-27(33)19-28(34)16-24)30(39)21-35-20-23-7-11-38(12-8-23)44(4,42)43/h13-16,18-19,23,29-30,35,39H,5-12,17,20-21H2,1-4H3,(H,36,40)/t29-,30+/m0/s1. The zero-order valence-corrected chi connectivity index (χ0v) is 26.9. The Bertz CT molecular complexity index is 1360. The summed E-state index contributed by atoms with van der Waals surface area (Å²) in [6.07, 6.45) is 3.02. The van der Waals surface area contributed by atoms with Crippen LogP contribution in [-0.4, -0.2) is 92.2 Å². The number of piperidine rings is 1. The Kier molecular flexibility index (Phi) is 13.2. The molecule has 0 bridgehead atoms. The Morgan fingerprint density at radius 3 is 2.16 bits per heavy atom. The molecule has 0 spiro atoms. The molecule has 1 heterocycles. The molecule has 0 radical (unpaired) electrons. The van der Waals surface area contributed by atoms with E-state index < -0.39 is 39.7 Å². The Hall–Kier alpha value is -2.93. The number of nitrogens with zero attached hydrogens (tertiary/aromatic N) is 2. The number of aliphatic hydroxyl groups excluding tert-OH is 1. The fourth-order valence-electron chi connectivity index (χ4n) is 5.62. The summed E-state index contributed by atoms with van der Waals surface area (Å²) in [4.78, 5) is 28.5.